The van der Waals surface area contributed by atoms with Crippen molar-refractivity contribution in [3.05, 3.63) is 53.5 Å². The van der Waals surface area contributed by atoms with Crippen molar-refractivity contribution < 1.29 is 4.42 Å². The van der Waals surface area contributed by atoms with Crippen molar-refractivity contribution in [2.24, 2.45) is 4.99 Å². The van der Waals surface area contributed by atoms with Crippen molar-refractivity contribution in [1.29, 1.82) is 0 Å². The number of benzene rings is 1. The van der Waals surface area contributed by atoms with Crippen LogP contribution in [0, 0.1) is 6.92 Å². The molecule has 0 radical (unpaired) electrons. The number of anilines is 1. The zero-order valence-corrected chi connectivity index (χ0v) is 17.5. The molecule has 0 amide bonds. The first kappa shape index (κ1) is 20.3. The Balaban J connectivity index is 1.58. The SMILES string of the molecule is CN=C(NCc1ccc(N(C)C)cc1C)NCC(c1ccco1)N1CCCC1. The number of likely N-dealkylation sites (tertiary alicyclic amines) is 1. The van der Waals surface area contributed by atoms with Crippen LogP contribution in [0.25, 0.3) is 0 Å². The van der Waals surface area contributed by atoms with Gasteiger partial charge >= 0.3 is 0 Å². The third kappa shape index (κ3) is 5.07. The first-order valence-corrected chi connectivity index (χ1v) is 10.1. The van der Waals surface area contributed by atoms with Gasteiger partial charge < -0.3 is 20.0 Å². The zero-order valence-electron chi connectivity index (χ0n) is 17.5. The minimum Gasteiger partial charge on any atom is -0.468 e. The number of nitrogens with one attached hydrogen (secondary N) is 2. The molecule has 152 valence electrons. The van der Waals surface area contributed by atoms with Gasteiger partial charge in [0.25, 0.3) is 0 Å². The van der Waals surface area contributed by atoms with E-state index in [4.69, 9.17) is 4.42 Å². The van der Waals surface area contributed by atoms with E-state index in [0.29, 0.717) is 0 Å². The van der Waals surface area contributed by atoms with Gasteiger partial charge in [-0.2, -0.15) is 0 Å². The molecule has 1 aromatic carbocycles. The van der Waals surface area contributed by atoms with Crippen molar-refractivity contribution in [2.75, 3.05) is 45.7 Å². The maximum Gasteiger partial charge on any atom is 0.191 e. The Kier molecular flexibility index (Phi) is 6.98. The first-order valence-electron chi connectivity index (χ1n) is 10.1. The number of aliphatic imine (C=N–C) groups is 1. The monoisotopic (exact) mass is 383 g/mol. The van der Waals surface area contributed by atoms with Gasteiger partial charge in [0.05, 0.1) is 12.3 Å². The van der Waals surface area contributed by atoms with Gasteiger partial charge in [0.2, 0.25) is 0 Å². The highest BCUT2D eigenvalue weighted by Gasteiger charge is 2.25. The molecule has 2 heterocycles. The van der Waals surface area contributed by atoms with Crippen LogP contribution in [0.3, 0.4) is 0 Å². The summed E-state index contributed by atoms with van der Waals surface area (Å²) < 4.78 is 5.70. The van der Waals surface area contributed by atoms with E-state index in [1.54, 1.807) is 6.26 Å². The Hall–Kier alpha value is -2.47. The number of aryl methyl sites for hydroxylation is 1. The molecule has 1 unspecified atom stereocenters. The highest BCUT2D eigenvalue weighted by Crippen LogP contribution is 2.24. The van der Waals surface area contributed by atoms with Crippen molar-refractivity contribution in [1.82, 2.24) is 15.5 Å². The van der Waals surface area contributed by atoms with Gasteiger partial charge in [-0.3, -0.25) is 9.89 Å². The molecule has 1 aromatic heterocycles. The smallest absolute Gasteiger partial charge is 0.191 e. The van der Waals surface area contributed by atoms with E-state index in [1.165, 1.54) is 29.7 Å². The maximum absolute atomic E-state index is 5.70. The fourth-order valence-electron chi connectivity index (χ4n) is 3.69. The molecule has 0 aliphatic carbocycles. The van der Waals surface area contributed by atoms with Gasteiger partial charge in [-0.05, 0) is 68.2 Å². The minimum absolute atomic E-state index is 0.233. The van der Waals surface area contributed by atoms with Crippen LogP contribution in [0.2, 0.25) is 0 Å². The summed E-state index contributed by atoms with van der Waals surface area (Å²) in [5.74, 6) is 1.83. The minimum atomic E-state index is 0.233. The lowest BCUT2D eigenvalue weighted by atomic mass is 10.1. The van der Waals surface area contributed by atoms with Crippen molar-refractivity contribution in [2.45, 2.75) is 32.4 Å². The van der Waals surface area contributed by atoms with Gasteiger partial charge in [0.1, 0.15) is 5.76 Å². The van der Waals surface area contributed by atoms with E-state index in [0.717, 1.165) is 37.9 Å². The predicted molar refractivity (Wildman–Crippen MR) is 116 cm³/mol. The van der Waals surface area contributed by atoms with Crippen LogP contribution in [0.5, 0.6) is 0 Å². The molecule has 6 nitrogen and oxygen atoms in total. The molecule has 0 bridgehead atoms. The lowest BCUT2D eigenvalue weighted by Crippen LogP contribution is -2.42. The number of rotatable bonds is 7. The van der Waals surface area contributed by atoms with Crippen LogP contribution < -0.4 is 15.5 Å². The van der Waals surface area contributed by atoms with E-state index in [1.807, 2.05) is 13.1 Å². The molecule has 1 saturated heterocycles. The van der Waals surface area contributed by atoms with Gasteiger partial charge in [-0.1, -0.05) is 6.07 Å². The Morgan fingerprint density at radius 2 is 2.00 bits per heavy atom. The van der Waals surface area contributed by atoms with Gasteiger partial charge in [0, 0.05) is 39.9 Å². The van der Waals surface area contributed by atoms with E-state index in [-0.39, 0.29) is 6.04 Å². The van der Waals surface area contributed by atoms with Crippen LogP contribution in [0.15, 0.2) is 46.0 Å². The lowest BCUT2D eigenvalue weighted by Gasteiger charge is -2.26. The molecule has 0 saturated carbocycles. The molecule has 6 heteroatoms. The molecular weight excluding hydrogens is 350 g/mol. The fraction of sp³-hybridized carbons (Fsp3) is 0.500. The summed E-state index contributed by atoms with van der Waals surface area (Å²) in [5, 5.41) is 6.93. The van der Waals surface area contributed by atoms with Crippen LogP contribution in [-0.2, 0) is 6.54 Å². The molecule has 2 N–H and O–H groups in total. The van der Waals surface area contributed by atoms with Crippen molar-refractivity contribution in [3.63, 3.8) is 0 Å². The van der Waals surface area contributed by atoms with E-state index < -0.39 is 0 Å². The molecular formula is C22H33N5O. The molecule has 2 aromatic rings. The number of nitrogens with zero attached hydrogens (tertiary/aromatic N) is 3. The third-order valence-electron chi connectivity index (χ3n) is 5.43. The summed E-state index contributed by atoms with van der Waals surface area (Å²) in [5.41, 5.74) is 3.77. The Morgan fingerprint density at radius 3 is 2.61 bits per heavy atom. The Bertz CT molecular complexity index is 763. The summed E-state index contributed by atoms with van der Waals surface area (Å²) in [6.07, 6.45) is 4.27. The molecule has 28 heavy (non-hydrogen) atoms. The highest BCUT2D eigenvalue weighted by molar-refractivity contribution is 5.79. The van der Waals surface area contributed by atoms with E-state index in [9.17, 15) is 0 Å². The highest BCUT2D eigenvalue weighted by atomic mass is 16.3. The summed E-state index contributed by atoms with van der Waals surface area (Å²) in [7, 11) is 5.94. The van der Waals surface area contributed by atoms with E-state index >= 15 is 0 Å². The topological polar surface area (TPSA) is 56.0 Å². The second-order valence-corrected chi connectivity index (χ2v) is 7.59. The third-order valence-corrected chi connectivity index (χ3v) is 5.43. The standard InChI is InChI=1S/C22H33N5O/c1-17-14-19(26(3)4)10-9-18(17)15-24-22(23-2)25-16-20(21-8-7-13-28-21)27-11-5-6-12-27/h7-10,13-14,20H,5-6,11-12,15-16H2,1-4H3,(H2,23,24,25). The van der Waals surface area contributed by atoms with E-state index in [2.05, 4.69) is 70.7 Å². The summed E-state index contributed by atoms with van der Waals surface area (Å²) in [4.78, 5) is 9.01. The van der Waals surface area contributed by atoms with Gasteiger partial charge in [-0.25, -0.2) is 0 Å². The predicted octanol–water partition coefficient (Wildman–Crippen LogP) is 3.16. The van der Waals surface area contributed by atoms with Gasteiger partial charge in [-0.15, -0.1) is 0 Å². The largest absolute Gasteiger partial charge is 0.468 e. The van der Waals surface area contributed by atoms with Crippen molar-refractivity contribution in [3.8, 4) is 0 Å². The second-order valence-electron chi connectivity index (χ2n) is 7.59. The second kappa shape index (κ2) is 9.64. The van der Waals surface area contributed by atoms with Crippen molar-refractivity contribution >= 4 is 11.6 Å². The molecule has 1 aliphatic rings. The molecule has 0 spiro atoms. The molecule has 1 fully saturated rings. The Morgan fingerprint density at radius 1 is 1.21 bits per heavy atom. The summed E-state index contributed by atoms with van der Waals surface area (Å²) in [6, 6.07) is 10.8. The zero-order chi connectivity index (χ0) is 19.9. The normalized spacial score (nSPS) is 16.2. The molecule has 1 atom stereocenters. The van der Waals surface area contributed by atoms with Gasteiger partial charge in [0.15, 0.2) is 5.96 Å². The molecule has 1 aliphatic heterocycles. The number of hydrogen-bond acceptors (Lipinski definition) is 4. The summed E-state index contributed by atoms with van der Waals surface area (Å²) >= 11 is 0. The molecule has 3 rings (SSSR count). The fourth-order valence-corrected chi connectivity index (χ4v) is 3.69. The van der Waals surface area contributed by atoms with Crippen LogP contribution in [0.4, 0.5) is 5.69 Å². The lowest BCUT2D eigenvalue weighted by molar-refractivity contribution is 0.215. The average Bonchev–Trinajstić information content (AvgIpc) is 3.39. The number of guanidine groups is 1. The average molecular weight is 384 g/mol. The quantitative estimate of drug-likeness (QED) is 0.568. The summed E-state index contributed by atoms with van der Waals surface area (Å²) in [6.45, 7) is 5.91. The number of furan rings is 1. The number of hydrogen-bond donors (Lipinski definition) is 2. The maximum atomic E-state index is 5.70. The van der Waals surface area contributed by atoms with Crippen LogP contribution >= 0.6 is 0 Å². The first-order chi connectivity index (χ1) is 13.6. The van der Waals surface area contributed by atoms with Crippen LogP contribution in [0.1, 0.15) is 35.8 Å². The Labute approximate surface area is 168 Å². The van der Waals surface area contributed by atoms with Crippen LogP contribution in [-0.4, -0.2) is 51.6 Å².